The monoisotopic (exact) mass is 391 g/mol. The molecule has 0 fully saturated rings. The first-order chi connectivity index (χ1) is 13.0. The van der Waals surface area contributed by atoms with Gasteiger partial charge in [-0.25, -0.2) is 0 Å². The summed E-state index contributed by atoms with van der Waals surface area (Å²) >= 11 is 0. The van der Waals surface area contributed by atoms with E-state index in [2.05, 4.69) is 32.9 Å². The molecule has 2 rings (SSSR count). The minimum absolute atomic E-state index is 0. The second-order valence-electron chi connectivity index (χ2n) is 7.43. The summed E-state index contributed by atoms with van der Waals surface area (Å²) in [5, 5.41) is 1.10. The molecule has 2 aromatic rings. The van der Waals surface area contributed by atoms with E-state index in [1.54, 1.807) is 0 Å². The molecule has 4 heteroatoms. The summed E-state index contributed by atoms with van der Waals surface area (Å²) in [5.74, 6) is 1.54. The summed E-state index contributed by atoms with van der Waals surface area (Å²) in [6.45, 7) is 11.3. The molecule has 0 amide bonds. The number of benzene rings is 2. The normalized spacial score (nSPS) is 12.0. The van der Waals surface area contributed by atoms with Crippen LogP contribution in [0.15, 0.2) is 36.4 Å². The molecule has 0 N–H and O–H groups in total. The van der Waals surface area contributed by atoms with Crippen molar-refractivity contribution in [1.82, 2.24) is 0 Å². The number of ether oxygens (including phenoxy) is 1. The Bertz CT molecular complexity index is 753. The Morgan fingerprint density at radius 2 is 1.71 bits per heavy atom. The Balaban J connectivity index is 0.00000392. The molecule has 2 atom stereocenters. The van der Waals surface area contributed by atoms with Gasteiger partial charge in [0.1, 0.15) is 5.75 Å². The fraction of sp³-hybridized carbons (Fsp3) is 0.458. The molecule has 2 unspecified atom stereocenters. The topological polar surface area (TPSA) is 26.3 Å². The van der Waals surface area contributed by atoms with Crippen molar-refractivity contribution in [2.75, 3.05) is 6.61 Å². The average Bonchev–Trinajstić information content (AvgIpc) is 2.64. The molecule has 0 saturated heterocycles. The van der Waals surface area contributed by atoms with Crippen LogP contribution in [-0.2, 0) is 0 Å². The zero-order valence-corrected chi connectivity index (χ0v) is 19.4. The molecule has 0 bridgehead atoms. The predicted octanol–water partition coefficient (Wildman–Crippen LogP) is 3.36. The summed E-state index contributed by atoms with van der Waals surface area (Å²) < 4.78 is 6.04. The maximum Gasteiger partial charge on any atom is 1.00 e. The van der Waals surface area contributed by atoms with Crippen LogP contribution in [0.1, 0.15) is 66.6 Å². The third kappa shape index (κ3) is 7.08. The standard InChI is InChI=1S/C24H33O2P.Li/c1-6-8-12-20(7-2)16-26-21-13-14-22(19(5)15-21)27-24(25)23-17(3)10-9-11-18(23)4;/h9-11,13-15,20,27H,6-8,12,16H2,1-5H3;/q;+1. The van der Waals surface area contributed by atoms with Crippen molar-refractivity contribution in [1.29, 1.82) is 0 Å². The molecule has 0 heterocycles. The van der Waals surface area contributed by atoms with Gasteiger partial charge in [-0.1, -0.05) is 57.4 Å². The summed E-state index contributed by atoms with van der Waals surface area (Å²) in [6, 6.07) is 12.2. The average molecular weight is 391 g/mol. The van der Waals surface area contributed by atoms with Gasteiger partial charge in [-0.05, 0) is 75.8 Å². The van der Waals surface area contributed by atoms with Gasteiger partial charge in [-0.3, -0.25) is 4.79 Å². The maximum atomic E-state index is 12.8. The molecule has 0 aliphatic heterocycles. The van der Waals surface area contributed by atoms with E-state index in [-0.39, 0.29) is 33.0 Å². The molecule has 146 valence electrons. The summed E-state index contributed by atoms with van der Waals surface area (Å²) in [6.07, 6.45) is 4.89. The van der Waals surface area contributed by atoms with Gasteiger partial charge < -0.3 is 4.74 Å². The third-order valence-electron chi connectivity index (χ3n) is 5.18. The van der Waals surface area contributed by atoms with Gasteiger partial charge in [-0.2, -0.15) is 0 Å². The van der Waals surface area contributed by atoms with Crippen molar-refractivity contribution in [2.24, 2.45) is 5.92 Å². The first-order valence-electron chi connectivity index (χ1n) is 10.1. The van der Waals surface area contributed by atoms with Crippen LogP contribution in [0.2, 0.25) is 0 Å². The second-order valence-corrected chi connectivity index (χ2v) is 8.67. The number of hydrogen-bond donors (Lipinski definition) is 0. The Morgan fingerprint density at radius 1 is 1.04 bits per heavy atom. The summed E-state index contributed by atoms with van der Waals surface area (Å²) in [4.78, 5) is 12.8. The largest absolute Gasteiger partial charge is 1.00 e. The van der Waals surface area contributed by atoms with Crippen LogP contribution in [0.5, 0.6) is 5.75 Å². The van der Waals surface area contributed by atoms with Crippen molar-refractivity contribution >= 4 is 19.4 Å². The van der Waals surface area contributed by atoms with Crippen LogP contribution in [0.3, 0.4) is 0 Å². The number of rotatable bonds is 10. The summed E-state index contributed by atoms with van der Waals surface area (Å²) in [7, 11) is 0.147. The zero-order valence-electron chi connectivity index (χ0n) is 18.4. The Morgan fingerprint density at radius 3 is 2.29 bits per heavy atom. The van der Waals surface area contributed by atoms with Crippen LogP contribution in [0.25, 0.3) is 0 Å². The van der Waals surface area contributed by atoms with Gasteiger partial charge in [0.2, 0.25) is 0 Å². The minimum atomic E-state index is 0. The smallest absolute Gasteiger partial charge is 0.493 e. The Kier molecular flexibility index (Phi) is 11.1. The fourth-order valence-electron chi connectivity index (χ4n) is 3.34. The number of hydrogen-bond acceptors (Lipinski definition) is 2. The predicted molar refractivity (Wildman–Crippen MR) is 118 cm³/mol. The first kappa shape index (κ1) is 25.0. The summed E-state index contributed by atoms with van der Waals surface area (Å²) in [5.41, 5.74) is 4.34. The molecule has 2 nitrogen and oxygen atoms in total. The molecular weight excluding hydrogens is 358 g/mol. The molecule has 0 saturated carbocycles. The van der Waals surface area contributed by atoms with Crippen molar-refractivity contribution < 1.29 is 28.4 Å². The molecular formula is C24H33LiO2P+. The molecule has 0 radical (unpaired) electrons. The van der Waals surface area contributed by atoms with Crippen LogP contribution in [0.4, 0.5) is 0 Å². The van der Waals surface area contributed by atoms with E-state index >= 15 is 0 Å². The SMILES string of the molecule is CCCCC(CC)COc1ccc(PC(=O)c2c(C)cccc2C)c(C)c1.[Li+]. The first-order valence-corrected chi connectivity index (χ1v) is 11.1. The number of carbonyl (C=O) groups is 1. The van der Waals surface area contributed by atoms with Crippen molar-refractivity contribution in [2.45, 2.75) is 60.3 Å². The minimum Gasteiger partial charge on any atom is -0.493 e. The zero-order chi connectivity index (χ0) is 19.8. The van der Waals surface area contributed by atoms with Crippen LogP contribution < -0.4 is 28.9 Å². The van der Waals surface area contributed by atoms with Crippen molar-refractivity contribution in [3.8, 4) is 5.75 Å². The van der Waals surface area contributed by atoms with Gasteiger partial charge in [0, 0.05) is 5.56 Å². The van der Waals surface area contributed by atoms with E-state index in [1.165, 1.54) is 19.3 Å². The van der Waals surface area contributed by atoms with E-state index in [0.717, 1.165) is 46.3 Å². The van der Waals surface area contributed by atoms with Crippen LogP contribution in [-0.4, -0.2) is 12.1 Å². The van der Waals surface area contributed by atoms with Crippen LogP contribution >= 0.6 is 8.58 Å². The number of aryl methyl sites for hydroxylation is 3. The maximum absolute atomic E-state index is 12.8. The van der Waals surface area contributed by atoms with E-state index in [9.17, 15) is 4.79 Å². The Labute approximate surface area is 184 Å². The van der Waals surface area contributed by atoms with Gasteiger partial charge >= 0.3 is 18.9 Å². The van der Waals surface area contributed by atoms with E-state index in [0.29, 0.717) is 5.92 Å². The molecule has 0 aromatic heterocycles. The van der Waals surface area contributed by atoms with Crippen molar-refractivity contribution in [3.05, 3.63) is 58.7 Å². The van der Waals surface area contributed by atoms with Gasteiger partial charge in [-0.15, -0.1) is 0 Å². The number of unbranched alkanes of at least 4 members (excludes halogenated alkanes) is 1. The van der Waals surface area contributed by atoms with Crippen LogP contribution in [0, 0.1) is 26.7 Å². The third-order valence-corrected chi connectivity index (χ3v) is 6.49. The molecule has 0 aliphatic rings. The Hall–Kier alpha value is -1.06. The van der Waals surface area contributed by atoms with E-state index in [4.69, 9.17) is 4.74 Å². The van der Waals surface area contributed by atoms with E-state index < -0.39 is 0 Å². The molecule has 0 spiro atoms. The molecule has 2 aromatic carbocycles. The van der Waals surface area contributed by atoms with Gasteiger partial charge in [0.05, 0.1) is 6.61 Å². The van der Waals surface area contributed by atoms with E-state index in [1.807, 2.05) is 38.1 Å². The van der Waals surface area contributed by atoms with Crippen molar-refractivity contribution in [3.63, 3.8) is 0 Å². The van der Waals surface area contributed by atoms with Gasteiger partial charge in [0.25, 0.3) is 0 Å². The molecule has 0 aliphatic carbocycles. The fourth-order valence-corrected chi connectivity index (χ4v) is 4.54. The van der Waals surface area contributed by atoms with Gasteiger partial charge in [0.15, 0.2) is 5.52 Å². The molecule has 28 heavy (non-hydrogen) atoms. The quantitative estimate of drug-likeness (QED) is 0.459. The second kappa shape index (κ2) is 12.5. The number of carbonyl (C=O) groups excluding carboxylic acids is 1.